The normalized spacial score (nSPS) is 15.7. The lowest BCUT2D eigenvalue weighted by Crippen LogP contribution is -2.34. The Morgan fingerprint density at radius 1 is 1.26 bits per heavy atom. The van der Waals surface area contributed by atoms with E-state index in [0.29, 0.717) is 27.1 Å². The van der Waals surface area contributed by atoms with Crippen LogP contribution in [0, 0.1) is 0 Å². The van der Waals surface area contributed by atoms with E-state index in [1.807, 2.05) is 0 Å². The van der Waals surface area contributed by atoms with Crippen LogP contribution in [0.3, 0.4) is 0 Å². The van der Waals surface area contributed by atoms with Crippen molar-refractivity contribution in [1.29, 1.82) is 0 Å². The van der Waals surface area contributed by atoms with Gasteiger partial charge in [-0.2, -0.15) is 0 Å². The van der Waals surface area contributed by atoms with Crippen LogP contribution in [0.25, 0.3) is 17.4 Å². The zero-order valence-corrected chi connectivity index (χ0v) is 16.4. The molecule has 0 atom stereocenters. The van der Waals surface area contributed by atoms with E-state index >= 15 is 0 Å². The first-order valence-electron chi connectivity index (χ1n) is 7.86. The van der Waals surface area contributed by atoms with Crippen molar-refractivity contribution < 1.29 is 23.5 Å². The van der Waals surface area contributed by atoms with Crippen LogP contribution < -0.4 is 0 Å². The molecule has 1 aliphatic heterocycles. The predicted molar refractivity (Wildman–Crippen MR) is 103 cm³/mol. The topological polar surface area (TPSA) is 76.8 Å². The molecule has 3 rings (SSSR count). The molecule has 0 unspecified atom stereocenters. The molecule has 2 aromatic rings. The van der Waals surface area contributed by atoms with E-state index in [4.69, 9.17) is 32.4 Å². The van der Waals surface area contributed by atoms with E-state index in [-0.39, 0.29) is 11.5 Å². The molecule has 1 aromatic heterocycles. The van der Waals surface area contributed by atoms with Crippen molar-refractivity contribution in [3.63, 3.8) is 0 Å². The molecule has 1 saturated heterocycles. The number of thioether (sulfide) groups is 1. The van der Waals surface area contributed by atoms with Gasteiger partial charge in [0.05, 0.1) is 21.6 Å². The Labute approximate surface area is 169 Å². The summed E-state index contributed by atoms with van der Waals surface area (Å²) >= 11 is 12.9. The van der Waals surface area contributed by atoms with E-state index in [0.717, 1.165) is 16.7 Å². The number of carbonyl (C=O) groups excluding carboxylic acids is 3. The van der Waals surface area contributed by atoms with E-state index in [1.54, 1.807) is 37.3 Å². The number of amides is 2. The third-order valence-electron chi connectivity index (χ3n) is 3.58. The molecular formula is C18H13Cl2NO5S. The zero-order chi connectivity index (χ0) is 19.6. The summed E-state index contributed by atoms with van der Waals surface area (Å²) in [5.74, 6) is -0.379. The van der Waals surface area contributed by atoms with Gasteiger partial charge in [0.25, 0.3) is 11.1 Å². The fourth-order valence-corrected chi connectivity index (χ4v) is 3.58. The molecule has 1 aliphatic rings. The Balaban J connectivity index is 1.81. The maximum Gasteiger partial charge on any atom is 0.326 e. The van der Waals surface area contributed by atoms with Crippen molar-refractivity contribution in [2.75, 3.05) is 13.2 Å². The van der Waals surface area contributed by atoms with E-state index in [2.05, 4.69) is 0 Å². The van der Waals surface area contributed by atoms with E-state index < -0.39 is 23.7 Å². The molecule has 140 valence electrons. The van der Waals surface area contributed by atoms with Gasteiger partial charge in [-0.25, -0.2) is 0 Å². The van der Waals surface area contributed by atoms with Crippen LogP contribution in [0.4, 0.5) is 4.79 Å². The number of carbonyl (C=O) groups is 3. The highest BCUT2D eigenvalue weighted by Gasteiger charge is 2.36. The Morgan fingerprint density at radius 3 is 2.78 bits per heavy atom. The SMILES string of the molecule is CCOC(=O)CN1C(=O)S/C(=C\c2ccc(-c3cccc(Cl)c3Cl)o2)C1=O. The lowest BCUT2D eigenvalue weighted by Gasteiger charge is -2.10. The highest BCUT2D eigenvalue weighted by atomic mass is 35.5. The second-order valence-corrected chi connectivity index (χ2v) is 7.15. The molecule has 9 heteroatoms. The monoisotopic (exact) mass is 425 g/mol. The number of hydrogen-bond acceptors (Lipinski definition) is 6. The largest absolute Gasteiger partial charge is 0.465 e. The first-order valence-corrected chi connectivity index (χ1v) is 9.43. The third-order valence-corrected chi connectivity index (χ3v) is 5.31. The Hall–Kier alpha value is -2.22. The average molecular weight is 426 g/mol. The van der Waals surface area contributed by atoms with Crippen molar-refractivity contribution in [2.24, 2.45) is 0 Å². The molecule has 2 amide bonds. The molecule has 0 spiro atoms. The van der Waals surface area contributed by atoms with Crippen LogP contribution in [-0.4, -0.2) is 35.2 Å². The summed E-state index contributed by atoms with van der Waals surface area (Å²) in [7, 11) is 0. The van der Waals surface area contributed by atoms with Crippen LogP contribution in [0.5, 0.6) is 0 Å². The summed E-state index contributed by atoms with van der Waals surface area (Å²) in [6, 6.07) is 8.49. The third kappa shape index (κ3) is 4.21. The summed E-state index contributed by atoms with van der Waals surface area (Å²) in [6.07, 6.45) is 1.44. The maximum absolute atomic E-state index is 12.4. The van der Waals surface area contributed by atoms with Crippen molar-refractivity contribution in [1.82, 2.24) is 4.90 Å². The molecular weight excluding hydrogens is 413 g/mol. The Bertz CT molecular complexity index is 953. The van der Waals surface area contributed by atoms with Gasteiger partial charge < -0.3 is 9.15 Å². The smallest absolute Gasteiger partial charge is 0.326 e. The van der Waals surface area contributed by atoms with Gasteiger partial charge in [0.2, 0.25) is 0 Å². The van der Waals surface area contributed by atoms with Crippen LogP contribution >= 0.6 is 35.0 Å². The summed E-state index contributed by atoms with van der Waals surface area (Å²) in [6.45, 7) is 1.40. The standard InChI is InChI=1S/C18H13Cl2NO5S/c1-2-25-15(22)9-21-17(23)14(27-18(21)24)8-10-6-7-13(26-10)11-4-3-5-12(19)16(11)20/h3-8H,2,9H2,1H3/b14-8-. The number of hydrogen-bond donors (Lipinski definition) is 0. The summed E-state index contributed by atoms with van der Waals surface area (Å²) in [5.41, 5.74) is 0.610. The van der Waals surface area contributed by atoms with Crippen LogP contribution in [0.15, 0.2) is 39.7 Å². The fourth-order valence-electron chi connectivity index (χ4n) is 2.37. The molecule has 0 N–H and O–H groups in total. The molecule has 27 heavy (non-hydrogen) atoms. The quantitative estimate of drug-likeness (QED) is 0.503. The lowest BCUT2D eigenvalue weighted by atomic mass is 10.2. The molecule has 1 aromatic carbocycles. The number of nitrogens with zero attached hydrogens (tertiary/aromatic N) is 1. The second kappa shape index (κ2) is 8.21. The Morgan fingerprint density at radius 2 is 2.04 bits per heavy atom. The summed E-state index contributed by atoms with van der Waals surface area (Å²) < 4.78 is 10.5. The van der Waals surface area contributed by atoms with Gasteiger partial charge in [0, 0.05) is 11.6 Å². The summed E-state index contributed by atoms with van der Waals surface area (Å²) in [4.78, 5) is 36.9. The first-order chi connectivity index (χ1) is 12.9. The number of ether oxygens (including phenoxy) is 1. The minimum Gasteiger partial charge on any atom is -0.465 e. The van der Waals surface area contributed by atoms with Gasteiger partial charge in [0.15, 0.2) is 0 Å². The molecule has 0 aliphatic carbocycles. The molecule has 6 nitrogen and oxygen atoms in total. The van der Waals surface area contributed by atoms with Crippen molar-refractivity contribution in [3.05, 3.63) is 51.0 Å². The average Bonchev–Trinajstić information content (AvgIpc) is 3.18. The van der Waals surface area contributed by atoms with Crippen LogP contribution in [0.2, 0.25) is 10.0 Å². The number of halogens is 2. The molecule has 2 heterocycles. The van der Waals surface area contributed by atoms with Gasteiger partial charge in [-0.3, -0.25) is 19.3 Å². The highest BCUT2D eigenvalue weighted by Crippen LogP contribution is 2.36. The predicted octanol–water partition coefficient (Wildman–Crippen LogP) is 4.85. The second-order valence-electron chi connectivity index (χ2n) is 5.38. The molecule has 0 bridgehead atoms. The van der Waals surface area contributed by atoms with Gasteiger partial charge >= 0.3 is 5.97 Å². The highest BCUT2D eigenvalue weighted by molar-refractivity contribution is 8.18. The molecule has 1 fully saturated rings. The van der Waals surface area contributed by atoms with Crippen molar-refractivity contribution >= 4 is 58.2 Å². The first kappa shape index (κ1) is 19.5. The van der Waals surface area contributed by atoms with Crippen LogP contribution in [0.1, 0.15) is 12.7 Å². The van der Waals surface area contributed by atoms with Crippen molar-refractivity contribution in [3.8, 4) is 11.3 Å². The molecule has 0 radical (unpaired) electrons. The summed E-state index contributed by atoms with van der Waals surface area (Å²) in [5, 5.41) is 0.214. The zero-order valence-electron chi connectivity index (χ0n) is 14.0. The number of benzene rings is 1. The Kier molecular flexibility index (Phi) is 5.94. The van der Waals surface area contributed by atoms with Gasteiger partial charge in [-0.1, -0.05) is 29.3 Å². The van der Waals surface area contributed by atoms with Crippen molar-refractivity contribution in [2.45, 2.75) is 6.92 Å². The minimum absolute atomic E-state index is 0.155. The number of imide groups is 1. The number of rotatable bonds is 5. The van der Waals surface area contributed by atoms with Crippen LogP contribution in [-0.2, 0) is 14.3 Å². The number of furan rings is 1. The van der Waals surface area contributed by atoms with E-state index in [9.17, 15) is 14.4 Å². The van der Waals surface area contributed by atoms with E-state index in [1.165, 1.54) is 6.08 Å². The fraction of sp³-hybridized carbons (Fsp3) is 0.167. The van der Waals surface area contributed by atoms with Gasteiger partial charge in [0.1, 0.15) is 18.1 Å². The van der Waals surface area contributed by atoms with Gasteiger partial charge in [-0.05, 0) is 43.0 Å². The molecule has 0 saturated carbocycles. The number of esters is 1. The van der Waals surface area contributed by atoms with Gasteiger partial charge in [-0.15, -0.1) is 0 Å². The lowest BCUT2D eigenvalue weighted by molar-refractivity contribution is -0.145. The minimum atomic E-state index is -0.642. The maximum atomic E-state index is 12.4.